The van der Waals surface area contributed by atoms with Crippen molar-refractivity contribution in [1.29, 1.82) is 0 Å². The zero-order valence-electron chi connectivity index (χ0n) is 8.40. The number of hydrogen-bond acceptors (Lipinski definition) is 4. The molecule has 78 valence electrons. The summed E-state index contributed by atoms with van der Waals surface area (Å²) in [5.41, 5.74) is 0.0722. The van der Waals surface area contributed by atoms with Crippen LogP contribution in [0.5, 0.6) is 0 Å². The highest BCUT2D eigenvalue weighted by Gasteiger charge is 2.36. The van der Waals surface area contributed by atoms with Crippen molar-refractivity contribution in [1.82, 2.24) is 20.3 Å². The van der Waals surface area contributed by atoms with E-state index in [1.54, 1.807) is 10.9 Å². The maximum Gasteiger partial charge on any atom is 0.121 e. The summed E-state index contributed by atoms with van der Waals surface area (Å²) in [5, 5.41) is 21.3. The second-order valence-corrected chi connectivity index (χ2v) is 3.80. The largest absolute Gasteiger partial charge is 0.382 e. The smallest absolute Gasteiger partial charge is 0.121 e. The zero-order valence-corrected chi connectivity index (χ0v) is 8.40. The molecule has 2 N–H and O–H groups in total. The Morgan fingerprint density at radius 3 is 3.21 bits per heavy atom. The highest BCUT2D eigenvalue weighted by molar-refractivity contribution is 5.11. The molecule has 0 bridgehead atoms. The van der Waals surface area contributed by atoms with Gasteiger partial charge in [-0.05, 0) is 19.4 Å². The topological polar surface area (TPSA) is 63.0 Å². The fraction of sp³-hybridized carbons (Fsp3) is 0.778. The molecule has 1 aliphatic rings. The highest BCUT2D eigenvalue weighted by Crippen LogP contribution is 2.26. The average molecular weight is 196 g/mol. The fourth-order valence-corrected chi connectivity index (χ4v) is 1.89. The SMILES string of the molecule is CCCn1nncc1C1(O)CCNC1. The molecule has 2 heterocycles. The van der Waals surface area contributed by atoms with E-state index in [1.807, 2.05) is 0 Å². The van der Waals surface area contributed by atoms with E-state index in [0.717, 1.165) is 31.6 Å². The van der Waals surface area contributed by atoms with E-state index in [4.69, 9.17) is 0 Å². The molecule has 1 unspecified atom stereocenters. The second kappa shape index (κ2) is 3.67. The van der Waals surface area contributed by atoms with Crippen LogP contribution in [0.4, 0.5) is 0 Å². The lowest BCUT2D eigenvalue weighted by molar-refractivity contribution is 0.0488. The molecule has 2 rings (SSSR count). The lowest BCUT2D eigenvalue weighted by Gasteiger charge is -2.21. The van der Waals surface area contributed by atoms with E-state index in [1.165, 1.54) is 0 Å². The molecular formula is C9H16N4O. The van der Waals surface area contributed by atoms with Crippen molar-refractivity contribution in [2.75, 3.05) is 13.1 Å². The Balaban J connectivity index is 2.25. The van der Waals surface area contributed by atoms with Gasteiger partial charge >= 0.3 is 0 Å². The Kier molecular flexibility index (Phi) is 2.52. The van der Waals surface area contributed by atoms with E-state index in [2.05, 4.69) is 22.6 Å². The number of β-amino-alcohol motifs (C(OH)–C–C–N with tert-alkyl or cyclic N) is 1. The summed E-state index contributed by atoms with van der Waals surface area (Å²) in [5.74, 6) is 0. The van der Waals surface area contributed by atoms with Gasteiger partial charge in [-0.1, -0.05) is 12.1 Å². The highest BCUT2D eigenvalue weighted by atomic mass is 16.3. The zero-order chi connectivity index (χ0) is 10.0. The molecule has 0 spiro atoms. The summed E-state index contributed by atoms with van der Waals surface area (Å²) in [6.07, 6.45) is 3.41. The number of aromatic nitrogens is 3. The Labute approximate surface area is 83.1 Å². The predicted octanol–water partition coefficient (Wildman–Crippen LogP) is -0.131. The van der Waals surface area contributed by atoms with Gasteiger partial charge in [0.15, 0.2) is 0 Å². The number of rotatable bonds is 3. The molecule has 1 aromatic heterocycles. The molecule has 0 aliphatic carbocycles. The van der Waals surface area contributed by atoms with Crippen molar-refractivity contribution in [3.63, 3.8) is 0 Å². The summed E-state index contributed by atoms with van der Waals surface area (Å²) in [4.78, 5) is 0. The minimum atomic E-state index is -0.765. The monoisotopic (exact) mass is 196 g/mol. The van der Waals surface area contributed by atoms with E-state index >= 15 is 0 Å². The van der Waals surface area contributed by atoms with Crippen molar-refractivity contribution in [2.45, 2.75) is 31.9 Å². The van der Waals surface area contributed by atoms with Gasteiger partial charge in [-0.2, -0.15) is 0 Å². The predicted molar refractivity (Wildman–Crippen MR) is 51.7 cm³/mol. The molecule has 5 nitrogen and oxygen atoms in total. The van der Waals surface area contributed by atoms with Crippen LogP contribution in [0.1, 0.15) is 25.5 Å². The van der Waals surface area contributed by atoms with E-state index in [0.29, 0.717) is 6.54 Å². The van der Waals surface area contributed by atoms with Crippen LogP contribution in [-0.4, -0.2) is 33.2 Å². The quantitative estimate of drug-likeness (QED) is 0.707. The summed E-state index contributed by atoms with van der Waals surface area (Å²) in [7, 11) is 0. The third-order valence-electron chi connectivity index (χ3n) is 2.66. The van der Waals surface area contributed by atoms with Crippen LogP contribution in [0.15, 0.2) is 6.20 Å². The molecule has 1 fully saturated rings. The minimum Gasteiger partial charge on any atom is -0.382 e. The Morgan fingerprint density at radius 2 is 2.57 bits per heavy atom. The molecule has 5 heteroatoms. The molecule has 1 aromatic rings. The van der Waals surface area contributed by atoms with Crippen molar-refractivity contribution < 1.29 is 5.11 Å². The number of hydrogen-bond donors (Lipinski definition) is 2. The summed E-state index contributed by atoms with van der Waals surface area (Å²) < 4.78 is 1.80. The lowest BCUT2D eigenvalue weighted by atomic mass is 9.99. The molecule has 0 aromatic carbocycles. The Bertz CT molecular complexity index is 304. The first-order valence-electron chi connectivity index (χ1n) is 5.08. The summed E-state index contributed by atoms with van der Waals surface area (Å²) in [6, 6.07) is 0. The summed E-state index contributed by atoms with van der Waals surface area (Å²) >= 11 is 0. The van der Waals surface area contributed by atoms with Gasteiger partial charge in [-0.15, -0.1) is 5.10 Å². The molecular weight excluding hydrogens is 180 g/mol. The number of aliphatic hydroxyl groups is 1. The van der Waals surface area contributed by atoms with Crippen molar-refractivity contribution in [2.24, 2.45) is 0 Å². The first kappa shape index (κ1) is 9.61. The molecule has 0 radical (unpaired) electrons. The summed E-state index contributed by atoms with van der Waals surface area (Å²) in [6.45, 7) is 4.36. The fourth-order valence-electron chi connectivity index (χ4n) is 1.89. The third-order valence-corrected chi connectivity index (χ3v) is 2.66. The van der Waals surface area contributed by atoms with Gasteiger partial charge in [-0.3, -0.25) is 0 Å². The van der Waals surface area contributed by atoms with Gasteiger partial charge in [0.25, 0.3) is 0 Å². The van der Waals surface area contributed by atoms with Crippen molar-refractivity contribution in [3.8, 4) is 0 Å². The molecule has 1 aliphatic heterocycles. The number of nitrogens with one attached hydrogen (secondary N) is 1. The van der Waals surface area contributed by atoms with Gasteiger partial charge in [-0.25, -0.2) is 4.68 Å². The molecule has 1 saturated heterocycles. The van der Waals surface area contributed by atoms with Gasteiger partial charge in [0.05, 0.1) is 11.9 Å². The van der Waals surface area contributed by atoms with Crippen LogP contribution in [0, 0.1) is 0 Å². The maximum absolute atomic E-state index is 10.3. The van der Waals surface area contributed by atoms with Crippen LogP contribution < -0.4 is 5.32 Å². The molecule has 0 amide bonds. The lowest BCUT2D eigenvalue weighted by Crippen LogP contribution is -2.31. The van der Waals surface area contributed by atoms with Crippen LogP contribution in [0.25, 0.3) is 0 Å². The van der Waals surface area contributed by atoms with Crippen LogP contribution >= 0.6 is 0 Å². The van der Waals surface area contributed by atoms with Gasteiger partial charge < -0.3 is 10.4 Å². The number of aryl methyl sites for hydroxylation is 1. The molecule has 14 heavy (non-hydrogen) atoms. The average Bonchev–Trinajstić information content (AvgIpc) is 2.75. The number of nitrogens with zero attached hydrogens (tertiary/aromatic N) is 3. The van der Waals surface area contributed by atoms with Gasteiger partial charge in [0, 0.05) is 13.1 Å². The van der Waals surface area contributed by atoms with E-state index < -0.39 is 5.60 Å². The van der Waals surface area contributed by atoms with Crippen LogP contribution in [0.3, 0.4) is 0 Å². The van der Waals surface area contributed by atoms with Crippen LogP contribution in [0.2, 0.25) is 0 Å². The third kappa shape index (κ3) is 1.53. The first-order valence-corrected chi connectivity index (χ1v) is 5.08. The van der Waals surface area contributed by atoms with Crippen molar-refractivity contribution in [3.05, 3.63) is 11.9 Å². The standard InChI is InChI=1S/C9H16N4O/c1-2-5-13-8(6-11-12-13)9(14)3-4-10-7-9/h6,10,14H,2-5,7H2,1H3. The minimum absolute atomic E-state index is 0.601. The van der Waals surface area contributed by atoms with Crippen LogP contribution in [-0.2, 0) is 12.1 Å². The molecule has 1 atom stereocenters. The Morgan fingerprint density at radius 1 is 1.71 bits per heavy atom. The van der Waals surface area contributed by atoms with E-state index in [9.17, 15) is 5.11 Å². The van der Waals surface area contributed by atoms with Crippen molar-refractivity contribution >= 4 is 0 Å². The van der Waals surface area contributed by atoms with E-state index in [-0.39, 0.29) is 0 Å². The first-order chi connectivity index (χ1) is 6.76. The second-order valence-electron chi connectivity index (χ2n) is 3.80. The normalized spacial score (nSPS) is 27.0. The maximum atomic E-state index is 10.3. The van der Waals surface area contributed by atoms with Gasteiger partial charge in [0.1, 0.15) is 5.60 Å². The molecule has 0 saturated carbocycles. The Hall–Kier alpha value is -0.940. The van der Waals surface area contributed by atoms with Gasteiger partial charge in [0.2, 0.25) is 0 Å².